The van der Waals surface area contributed by atoms with Gasteiger partial charge in [-0.2, -0.15) is 9.57 Å². The van der Waals surface area contributed by atoms with Crippen LogP contribution < -0.4 is 0 Å². The van der Waals surface area contributed by atoms with E-state index in [9.17, 15) is 13.2 Å². The quantitative estimate of drug-likeness (QED) is 0.910. The zero-order valence-electron chi connectivity index (χ0n) is 11.0. The van der Waals surface area contributed by atoms with Crippen LogP contribution in [-0.4, -0.2) is 36.9 Å². The number of hydrogen-bond donors (Lipinski definition) is 1. The van der Waals surface area contributed by atoms with Gasteiger partial charge in [-0.05, 0) is 31.0 Å². The molecule has 0 spiro atoms. The molecule has 0 bridgehead atoms. The monoisotopic (exact) mass is 328 g/mol. The SMILES string of the molecule is N#Cc1ccc(Cl)cc1S(=O)(=O)N1CCC[C@@H](C(=O)O)C1. The summed E-state index contributed by atoms with van der Waals surface area (Å²) in [4.78, 5) is 10.9. The third-order valence-electron chi connectivity index (χ3n) is 3.42. The van der Waals surface area contributed by atoms with Crippen LogP contribution in [-0.2, 0) is 14.8 Å². The second-order valence-electron chi connectivity index (χ2n) is 4.79. The zero-order valence-corrected chi connectivity index (χ0v) is 12.6. The summed E-state index contributed by atoms with van der Waals surface area (Å²) in [7, 11) is -3.93. The van der Waals surface area contributed by atoms with Crippen LogP contribution in [0.4, 0.5) is 0 Å². The average Bonchev–Trinajstić information content (AvgIpc) is 2.47. The molecule has 1 saturated heterocycles. The molecule has 0 aliphatic carbocycles. The first-order valence-corrected chi connectivity index (χ1v) is 8.10. The van der Waals surface area contributed by atoms with Gasteiger partial charge in [0.2, 0.25) is 10.0 Å². The van der Waals surface area contributed by atoms with Gasteiger partial charge in [-0.1, -0.05) is 11.6 Å². The Morgan fingerprint density at radius 1 is 1.48 bits per heavy atom. The number of carbonyl (C=O) groups is 1. The minimum atomic E-state index is -3.93. The van der Waals surface area contributed by atoms with Crippen LogP contribution in [0.15, 0.2) is 23.1 Å². The maximum atomic E-state index is 12.6. The minimum Gasteiger partial charge on any atom is -0.481 e. The topological polar surface area (TPSA) is 98.5 Å². The van der Waals surface area contributed by atoms with Crippen molar-refractivity contribution in [2.75, 3.05) is 13.1 Å². The molecule has 2 rings (SSSR count). The lowest BCUT2D eigenvalue weighted by molar-refractivity contribution is -0.142. The van der Waals surface area contributed by atoms with E-state index in [-0.39, 0.29) is 28.6 Å². The number of rotatable bonds is 3. The van der Waals surface area contributed by atoms with E-state index in [1.54, 1.807) is 0 Å². The lowest BCUT2D eigenvalue weighted by Crippen LogP contribution is -2.42. The molecule has 0 radical (unpaired) electrons. The number of carboxylic acid groups (broad SMARTS) is 1. The fraction of sp³-hybridized carbons (Fsp3) is 0.385. The van der Waals surface area contributed by atoms with Gasteiger partial charge in [0.1, 0.15) is 11.0 Å². The zero-order chi connectivity index (χ0) is 15.6. The molecule has 0 saturated carbocycles. The van der Waals surface area contributed by atoms with Crippen molar-refractivity contribution in [3.05, 3.63) is 28.8 Å². The van der Waals surface area contributed by atoms with Gasteiger partial charge < -0.3 is 5.11 Å². The highest BCUT2D eigenvalue weighted by atomic mass is 35.5. The van der Waals surface area contributed by atoms with Crippen molar-refractivity contribution < 1.29 is 18.3 Å². The Balaban J connectivity index is 2.41. The van der Waals surface area contributed by atoms with Crippen LogP contribution in [0, 0.1) is 17.2 Å². The lowest BCUT2D eigenvalue weighted by Gasteiger charge is -2.30. The number of benzene rings is 1. The van der Waals surface area contributed by atoms with Crippen LogP contribution in [0.3, 0.4) is 0 Å². The number of nitrogens with zero attached hydrogens (tertiary/aromatic N) is 2. The third kappa shape index (κ3) is 3.18. The molecule has 112 valence electrons. The summed E-state index contributed by atoms with van der Waals surface area (Å²) in [6, 6.07) is 5.82. The Morgan fingerprint density at radius 2 is 2.19 bits per heavy atom. The number of nitriles is 1. The fourth-order valence-electron chi connectivity index (χ4n) is 2.30. The second-order valence-corrected chi connectivity index (χ2v) is 7.14. The third-order valence-corrected chi connectivity index (χ3v) is 5.56. The molecule has 8 heteroatoms. The number of halogens is 1. The molecule has 1 aromatic carbocycles. The van der Waals surface area contributed by atoms with E-state index < -0.39 is 21.9 Å². The summed E-state index contributed by atoms with van der Waals surface area (Å²) in [5.41, 5.74) is -0.00292. The number of carboxylic acids is 1. The molecule has 21 heavy (non-hydrogen) atoms. The molecule has 1 fully saturated rings. The number of hydrogen-bond acceptors (Lipinski definition) is 4. The van der Waals surface area contributed by atoms with E-state index in [4.69, 9.17) is 22.0 Å². The van der Waals surface area contributed by atoms with E-state index in [1.807, 2.05) is 6.07 Å². The smallest absolute Gasteiger partial charge is 0.307 e. The highest BCUT2D eigenvalue weighted by molar-refractivity contribution is 7.89. The van der Waals surface area contributed by atoms with Crippen molar-refractivity contribution >= 4 is 27.6 Å². The standard InChI is InChI=1S/C13H13ClN2O4S/c14-11-4-3-9(7-15)12(6-11)21(19,20)16-5-1-2-10(8-16)13(17)18/h3-4,6,10H,1-2,5,8H2,(H,17,18)/t10-/m1/s1. The minimum absolute atomic E-state index is 0.00292. The van der Waals surface area contributed by atoms with Gasteiger partial charge in [0, 0.05) is 18.1 Å². The van der Waals surface area contributed by atoms with E-state index in [0.29, 0.717) is 12.8 Å². The maximum Gasteiger partial charge on any atom is 0.307 e. The number of aliphatic carboxylic acids is 1. The van der Waals surface area contributed by atoms with E-state index in [1.165, 1.54) is 18.2 Å². The predicted octanol–water partition coefficient (Wildman–Crippen LogP) is 1.70. The maximum absolute atomic E-state index is 12.6. The van der Waals surface area contributed by atoms with Gasteiger partial charge >= 0.3 is 5.97 Å². The second kappa shape index (κ2) is 6.02. The Labute approximate surface area is 127 Å². The number of piperidine rings is 1. The predicted molar refractivity (Wildman–Crippen MR) is 75.3 cm³/mol. The van der Waals surface area contributed by atoms with Gasteiger partial charge in [-0.25, -0.2) is 8.42 Å². The van der Waals surface area contributed by atoms with Crippen molar-refractivity contribution in [1.82, 2.24) is 4.31 Å². The normalized spacial score (nSPS) is 19.9. The van der Waals surface area contributed by atoms with Gasteiger partial charge in [0.25, 0.3) is 0 Å². The van der Waals surface area contributed by atoms with Gasteiger partial charge in [-0.3, -0.25) is 4.79 Å². The van der Waals surface area contributed by atoms with Crippen molar-refractivity contribution in [2.45, 2.75) is 17.7 Å². The van der Waals surface area contributed by atoms with E-state index >= 15 is 0 Å². The molecule has 0 unspecified atom stereocenters. The van der Waals surface area contributed by atoms with Gasteiger partial charge in [0.15, 0.2) is 0 Å². The molecule has 1 atom stereocenters. The molecular formula is C13H13ClN2O4S. The van der Waals surface area contributed by atoms with E-state index in [2.05, 4.69) is 0 Å². The van der Waals surface area contributed by atoms with Crippen molar-refractivity contribution in [2.24, 2.45) is 5.92 Å². The van der Waals surface area contributed by atoms with Gasteiger partial charge in [-0.15, -0.1) is 0 Å². The molecule has 1 aliphatic rings. The van der Waals surface area contributed by atoms with Crippen molar-refractivity contribution in [3.8, 4) is 6.07 Å². The summed E-state index contributed by atoms with van der Waals surface area (Å²) in [6.45, 7) is 0.151. The summed E-state index contributed by atoms with van der Waals surface area (Å²) in [5, 5.41) is 18.3. The Morgan fingerprint density at radius 3 is 2.81 bits per heavy atom. The summed E-state index contributed by atoms with van der Waals surface area (Å²) in [5.74, 6) is -1.74. The average molecular weight is 329 g/mol. The van der Waals surface area contributed by atoms with E-state index in [0.717, 1.165) is 4.31 Å². The summed E-state index contributed by atoms with van der Waals surface area (Å²) >= 11 is 5.81. The first-order valence-electron chi connectivity index (χ1n) is 6.29. The van der Waals surface area contributed by atoms with Crippen molar-refractivity contribution in [1.29, 1.82) is 5.26 Å². The Bertz CT molecular complexity index is 711. The van der Waals surface area contributed by atoms with Crippen molar-refractivity contribution in [3.63, 3.8) is 0 Å². The van der Waals surface area contributed by atoms with Crippen LogP contribution >= 0.6 is 11.6 Å². The molecule has 1 aliphatic heterocycles. The highest BCUT2D eigenvalue weighted by Crippen LogP contribution is 2.27. The molecule has 1 aromatic rings. The largest absolute Gasteiger partial charge is 0.481 e. The Hall–Kier alpha value is -1.62. The molecular weight excluding hydrogens is 316 g/mol. The summed E-state index contributed by atoms with van der Waals surface area (Å²) < 4.78 is 26.3. The molecule has 6 nitrogen and oxygen atoms in total. The molecule has 0 aromatic heterocycles. The van der Waals surface area contributed by atoms with Crippen LogP contribution in [0.5, 0.6) is 0 Å². The molecule has 1 N–H and O–H groups in total. The fourth-order valence-corrected chi connectivity index (χ4v) is 4.23. The van der Waals surface area contributed by atoms with Crippen LogP contribution in [0.25, 0.3) is 0 Å². The lowest BCUT2D eigenvalue weighted by atomic mass is 10.0. The molecule has 0 amide bonds. The summed E-state index contributed by atoms with van der Waals surface area (Å²) in [6.07, 6.45) is 0.917. The molecule has 1 heterocycles. The Kier molecular flexibility index (Phi) is 4.52. The van der Waals surface area contributed by atoms with Crippen LogP contribution in [0.2, 0.25) is 5.02 Å². The number of sulfonamides is 1. The highest BCUT2D eigenvalue weighted by Gasteiger charge is 2.34. The first kappa shape index (κ1) is 15.8. The van der Waals surface area contributed by atoms with Gasteiger partial charge in [0.05, 0.1) is 11.5 Å². The first-order chi connectivity index (χ1) is 9.86. The van der Waals surface area contributed by atoms with Crippen LogP contribution in [0.1, 0.15) is 18.4 Å².